The first kappa shape index (κ1) is 14.6. The van der Waals surface area contributed by atoms with Gasteiger partial charge >= 0.3 is 5.97 Å². The molecule has 0 saturated carbocycles. The molecule has 0 aliphatic carbocycles. The van der Waals surface area contributed by atoms with E-state index in [1.165, 1.54) is 0 Å². The van der Waals surface area contributed by atoms with Crippen molar-refractivity contribution < 1.29 is 14.6 Å². The number of hydrogen-bond acceptors (Lipinski definition) is 2. The van der Waals surface area contributed by atoms with Gasteiger partial charge in [0.1, 0.15) is 5.75 Å². The van der Waals surface area contributed by atoms with Crippen LogP contribution < -0.4 is 4.74 Å². The zero-order valence-corrected chi connectivity index (χ0v) is 12.6. The molecule has 0 aliphatic rings. The summed E-state index contributed by atoms with van der Waals surface area (Å²) in [6.07, 6.45) is -0.561. The van der Waals surface area contributed by atoms with Crippen LogP contribution in [0.1, 0.15) is 11.1 Å². The van der Waals surface area contributed by atoms with Crippen LogP contribution in [0.25, 0.3) is 0 Å². The van der Waals surface area contributed by atoms with Crippen molar-refractivity contribution in [3.05, 3.63) is 64.1 Å². The molecule has 1 N–H and O–H groups in total. The van der Waals surface area contributed by atoms with E-state index in [1.54, 1.807) is 6.07 Å². The number of benzene rings is 2. The van der Waals surface area contributed by atoms with Crippen LogP contribution in [0.15, 0.2) is 53.0 Å². The van der Waals surface area contributed by atoms with E-state index in [1.807, 2.05) is 49.4 Å². The van der Waals surface area contributed by atoms with Crippen LogP contribution in [0.5, 0.6) is 5.75 Å². The molecule has 0 aromatic heterocycles. The Morgan fingerprint density at radius 1 is 1.20 bits per heavy atom. The van der Waals surface area contributed by atoms with Crippen LogP contribution >= 0.6 is 15.9 Å². The third kappa shape index (κ3) is 3.84. The summed E-state index contributed by atoms with van der Waals surface area (Å²) in [5.41, 5.74) is 1.85. The normalized spacial score (nSPS) is 11.9. The minimum atomic E-state index is -0.962. The first-order valence-corrected chi connectivity index (χ1v) is 7.05. The Morgan fingerprint density at radius 3 is 2.45 bits per heavy atom. The average molecular weight is 335 g/mol. The average Bonchev–Trinajstić information content (AvgIpc) is 2.42. The first-order chi connectivity index (χ1) is 9.56. The summed E-state index contributed by atoms with van der Waals surface area (Å²) in [7, 11) is 0. The van der Waals surface area contributed by atoms with Crippen LogP contribution in [0, 0.1) is 6.92 Å². The minimum absolute atomic E-state index is 0.330. The lowest BCUT2D eigenvalue weighted by atomic mass is 10.1. The molecule has 0 spiro atoms. The predicted molar refractivity (Wildman–Crippen MR) is 81.1 cm³/mol. The molecule has 0 heterocycles. The highest BCUT2D eigenvalue weighted by molar-refractivity contribution is 9.10. The second-order valence-corrected chi connectivity index (χ2v) is 5.46. The summed E-state index contributed by atoms with van der Waals surface area (Å²) in [5.74, 6) is -0.354. The second kappa shape index (κ2) is 6.57. The van der Waals surface area contributed by atoms with E-state index < -0.39 is 12.1 Å². The molecule has 2 rings (SSSR count). The Morgan fingerprint density at radius 2 is 1.85 bits per heavy atom. The maximum absolute atomic E-state index is 11.4. The van der Waals surface area contributed by atoms with Gasteiger partial charge in [0, 0.05) is 10.9 Å². The fraction of sp³-hybridized carbons (Fsp3) is 0.188. The smallest absolute Gasteiger partial charge is 0.345 e. The standard InChI is InChI=1S/C16H15BrO3/c1-11-4-2-3-5-14(11)20-15(16(18)19)10-12-6-8-13(17)9-7-12/h2-9,15H,10H2,1H3,(H,18,19)/t15-/m1/s1. The highest BCUT2D eigenvalue weighted by atomic mass is 79.9. The molecule has 2 aromatic carbocycles. The van der Waals surface area contributed by atoms with Crippen molar-refractivity contribution in [1.82, 2.24) is 0 Å². The van der Waals surface area contributed by atoms with Gasteiger partial charge in [-0.3, -0.25) is 0 Å². The summed E-state index contributed by atoms with van der Waals surface area (Å²) in [6.45, 7) is 1.90. The lowest BCUT2D eigenvalue weighted by Gasteiger charge is -2.16. The zero-order valence-electron chi connectivity index (χ0n) is 11.0. The summed E-state index contributed by atoms with van der Waals surface area (Å²) in [4.78, 5) is 11.4. The number of ether oxygens (including phenoxy) is 1. The molecule has 0 radical (unpaired) electrons. The van der Waals surface area contributed by atoms with Crippen LogP contribution in [0.4, 0.5) is 0 Å². The molecular weight excluding hydrogens is 320 g/mol. The third-order valence-electron chi connectivity index (χ3n) is 2.97. The van der Waals surface area contributed by atoms with Gasteiger partial charge in [-0.15, -0.1) is 0 Å². The fourth-order valence-corrected chi connectivity index (χ4v) is 2.12. The van der Waals surface area contributed by atoms with E-state index in [9.17, 15) is 9.90 Å². The van der Waals surface area contributed by atoms with Crippen LogP contribution in [0.2, 0.25) is 0 Å². The topological polar surface area (TPSA) is 46.5 Å². The van der Waals surface area contributed by atoms with Crippen LogP contribution in [0.3, 0.4) is 0 Å². The molecule has 20 heavy (non-hydrogen) atoms. The summed E-state index contributed by atoms with van der Waals surface area (Å²) in [6, 6.07) is 15.0. The van der Waals surface area contributed by atoms with Gasteiger partial charge in [0.2, 0.25) is 0 Å². The Balaban J connectivity index is 2.14. The summed E-state index contributed by atoms with van der Waals surface area (Å²) >= 11 is 3.36. The molecule has 0 bridgehead atoms. The molecule has 0 unspecified atom stereocenters. The molecule has 104 valence electrons. The van der Waals surface area contributed by atoms with Gasteiger partial charge in [0.15, 0.2) is 6.10 Å². The van der Waals surface area contributed by atoms with Crippen LogP contribution in [-0.4, -0.2) is 17.2 Å². The van der Waals surface area contributed by atoms with E-state index in [0.29, 0.717) is 12.2 Å². The highest BCUT2D eigenvalue weighted by Gasteiger charge is 2.20. The summed E-state index contributed by atoms with van der Waals surface area (Å²) in [5, 5.41) is 9.31. The lowest BCUT2D eigenvalue weighted by molar-refractivity contribution is -0.145. The van der Waals surface area contributed by atoms with Gasteiger partial charge in [-0.05, 0) is 36.2 Å². The van der Waals surface area contributed by atoms with Gasteiger partial charge in [-0.25, -0.2) is 4.79 Å². The van der Waals surface area contributed by atoms with Gasteiger partial charge in [-0.1, -0.05) is 46.3 Å². The molecule has 0 fully saturated rings. The molecule has 1 atom stereocenters. The second-order valence-electron chi connectivity index (χ2n) is 4.54. The number of rotatable bonds is 5. The molecular formula is C16H15BrO3. The third-order valence-corrected chi connectivity index (χ3v) is 3.50. The number of carboxylic acids is 1. The first-order valence-electron chi connectivity index (χ1n) is 6.26. The largest absolute Gasteiger partial charge is 0.478 e. The Bertz CT molecular complexity index is 593. The predicted octanol–water partition coefficient (Wildman–Crippen LogP) is 3.83. The van der Waals surface area contributed by atoms with Gasteiger partial charge in [0.05, 0.1) is 0 Å². The van der Waals surface area contributed by atoms with Gasteiger partial charge < -0.3 is 9.84 Å². The Kier molecular flexibility index (Phi) is 4.79. The summed E-state index contributed by atoms with van der Waals surface area (Å²) < 4.78 is 6.60. The highest BCUT2D eigenvalue weighted by Crippen LogP contribution is 2.20. The van der Waals surface area contributed by atoms with E-state index in [0.717, 1.165) is 15.6 Å². The zero-order chi connectivity index (χ0) is 14.5. The Labute approximate surface area is 126 Å². The number of carbonyl (C=O) groups is 1. The molecule has 0 saturated heterocycles. The maximum Gasteiger partial charge on any atom is 0.345 e. The van der Waals surface area contributed by atoms with E-state index >= 15 is 0 Å². The van der Waals surface area contributed by atoms with Crippen molar-refractivity contribution in [3.8, 4) is 5.75 Å². The minimum Gasteiger partial charge on any atom is -0.478 e. The molecule has 0 amide bonds. The number of carboxylic acid groups (broad SMARTS) is 1. The van der Waals surface area contributed by atoms with E-state index in [-0.39, 0.29) is 0 Å². The number of para-hydroxylation sites is 1. The lowest BCUT2D eigenvalue weighted by Crippen LogP contribution is -2.29. The SMILES string of the molecule is Cc1ccccc1O[C@H](Cc1ccc(Br)cc1)C(=O)O. The van der Waals surface area contributed by atoms with Gasteiger partial charge in [0.25, 0.3) is 0 Å². The van der Waals surface area contributed by atoms with Crippen molar-refractivity contribution >= 4 is 21.9 Å². The molecule has 3 nitrogen and oxygen atoms in total. The monoisotopic (exact) mass is 334 g/mol. The number of aryl methyl sites for hydroxylation is 1. The van der Waals surface area contributed by atoms with Crippen molar-refractivity contribution in [2.24, 2.45) is 0 Å². The molecule has 0 aliphatic heterocycles. The van der Waals surface area contributed by atoms with Crippen LogP contribution in [-0.2, 0) is 11.2 Å². The number of halogens is 1. The molecule has 4 heteroatoms. The van der Waals surface area contributed by atoms with E-state index in [4.69, 9.17) is 4.74 Å². The van der Waals surface area contributed by atoms with Crippen molar-refractivity contribution in [2.45, 2.75) is 19.4 Å². The quantitative estimate of drug-likeness (QED) is 0.903. The van der Waals surface area contributed by atoms with Crippen molar-refractivity contribution in [3.63, 3.8) is 0 Å². The van der Waals surface area contributed by atoms with Crippen molar-refractivity contribution in [1.29, 1.82) is 0 Å². The maximum atomic E-state index is 11.4. The number of aliphatic carboxylic acids is 1. The van der Waals surface area contributed by atoms with E-state index in [2.05, 4.69) is 15.9 Å². The number of hydrogen-bond donors (Lipinski definition) is 1. The molecule has 2 aromatic rings. The van der Waals surface area contributed by atoms with Crippen molar-refractivity contribution in [2.75, 3.05) is 0 Å². The van der Waals surface area contributed by atoms with Gasteiger partial charge in [-0.2, -0.15) is 0 Å². The Hall–Kier alpha value is -1.81. The fourth-order valence-electron chi connectivity index (χ4n) is 1.86.